The molecule has 1 aliphatic rings. The molecule has 0 bridgehead atoms. The lowest BCUT2D eigenvalue weighted by Crippen LogP contribution is -1.87. The minimum Gasteiger partial charge on any atom is -0.135 e. The van der Waals surface area contributed by atoms with Crippen LogP contribution in [0.4, 0.5) is 0 Å². The highest BCUT2D eigenvalue weighted by atomic mass is 32.1. The summed E-state index contributed by atoms with van der Waals surface area (Å²) in [6.45, 7) is 0. The maximum atomic E-state index is 2.50. The second-order valence-electron chi connectivity index (χ2n) is 23.1. The molecule has 0 unspecified atom stereocenters. The average molecular weight is 1140 g/mol. The molecule has 1 aliphatic carbocycles. The van der Waals surface area contributed by atoms with Gasteiger partial charge in [0.2, 0.25) is 0 Å². The van der Waals surface area contributed by atoms with Crippen LogP contribution in [0.1, 0.15) is 11.1 Å². The third kappa shape index (κ3) is 9.30. The molecule has 0 N–H and O–H groups in total. The third-order valence-electron chi connectivity index (χ3n) is 18.0. The third-order valence-corrected chi connectivity index (χ3v) is 20.4. The highest BCUT2D eigenvalue weighted by Gasteiger charge is 2.24. The van der Waals surface area contributed by atoms with Crippen LogP contribution in [-0.4, -0.2) is 0 Å². The van der Waals surface area contributed by atoms with Crippen LogP contribution in [-0.2, 0) is 6.42 Å². The first kappa shape index (κ1) is 51.0. The van der Waals surface area contributed by atoms with E-state index < -0.39 is 0 Å². The van der Waals surface area contributed by atoms with Gasteiger partial charge in [0.1, 0.15) is 0 Å². The Bertz CT molecular complexity index is 4930. The molecule has 0 saturated carbocycles. The van der Waals surface area contributed by atoms with Gasteiger partial charge >= 0.3 is 0 Å². The second kappa shape index (κ2) is 21.2. The maximum absolute atomic E-state index is 2.50. The molecule has 406 valence electrons. The predicted molar refractivity (Wildman–Crippen MR) is 375 cm³/mol. The van der Waals surface area contributed by atoms with Gasteiger partial charge in [0.05, 0.1) is 0 Å². The maximum Gasteiger partial charge on any atom is 0.0434 e. The summed E-state index contributed by atoms with van der Waals surface area (Å²) in [6.07, 6.45) is 0.910. The topological polar surface area (TPSA) is 0 Å². The van der Waals surface area contributed by atoms with Gasteiger partial charge in [-0.05, 0) is 189 Å². The normalized spacial score (nSPS) is 11.9. The predicted octanol–water partition coefficient (Wildman–Crippen LogP) is 24.7. The summed E-state index contributed by atoms with van der Waals surface area (Å²) in [5.74, 6) is 0. The van der Waals surface area contributed by atoms with Crippen molar-refractivity contribution in [3.63, 3.8) is 0 Å². The van der Waals surface area contributed by atoms with Crippen molar-refractivity contribution in [2.24, 2.45) is 0 Å². The molecule has 87 heavy (non-hydrogen) atoms. The number of hydrogen-bond acceptors (Lipinski definition) is 2. The van der Waals surface area contributed by atoms with Crippen molar-refractivity contribution in [3.8, 4) is 122 Å². The fraction of sp³-hybridized carbons (Fsp3) is 0.0118. The fourth-order valence-electron chi connectivity index (χ4n) is 13.3. The van der Waals surface area contributed by atoms with Crippen LogP contribution < -0.4 is 0 Å². The molecule has 16 aromatic rings. The molecular weight excluding hydrogens is 1090 g/mol. The van der Waals surface area contributed by atoms with Crippen LogP contribution in [0.3, 0.4) is 0 Å². The van der Waals surface area contributed by atoms with E-state index >= 15 is 0 Å². The van der Waals surface area contributed by atoms with E-state index in [1.54, 1.807) is 0 Å². The van der Waals surface area contributed by atoms with Gasteiger partial charge < -0.3 is 0 Å². The Morgan fingerprint density at radius 1 is 0.172 bits per heavy atom. The van der Waals surface area contributed by atoms with E-state index in [2.05, 4.69) is 315 Å². The minimum atomic E-state index is 0.910. The molecular formula is C85H54S2. The van der Waals surface area contributed by atoms with Gasteiger partial charge in [-0.15, -0.1) is 22.7 Å². The van der Waals surface area contributed by atoms with Crippen LogP contribution in [0.25, 0.3) is 163 Å². The lowest BCUT2D eigenvalue weighted by molar-refractivity contribution is 1.26. The summed E-state index contributed by atoms with van der Waals surface area (Å²) in [5, 5.41) is 5.15. The standard InChI is InChI=1S/C85H54S2/c1-5-13-54(14-6-1)58-21-29-62(30-22-58)66-41-43-82-78(46-66)80-52-72(64-33-25-60(26-34-64)56-17-9-3-10-18-56)50-76(84(80)86-82)70-39-37-68-45-69-38-40-71(49-75(69)74(68)48-70)77-51-73(65-35-27-61(28-36-65)57-19-11-4-12-20-57)53-81-79-47-67(42-44-83(79)87-85(77)81)63-31-23-59(24-32-63)55-15-7-2-8-16-55/h1-44,46-53H,45H2. The fourth-order valence-corrected chi connectivity index (χ4v) is 15.7. The van der Waals surface area contributed by atoms with Gasteiger partial charge in [0.25, 0.3) is 0 Å². The molecule has 0 saturated heterocycles. The molecule has 0 radical (unpaired) electrons. The van der Waals surface area contributed by atoms with Gasteiger partial charge in [-0.3, -0.25) is 0 Å². The van der Waals surface area contributed by atoms with E-state index in [0.717, 1.165) is 6.42 Å². The Balaban J connectivity index is 0.788. The lowest BCUT2D eigenvalue weighted by atomic mass is 9.91. The Kier molecular flexibility index (Phi) is 12.4. The highest BCUT2D eigenvalue weighted by molar-refractivity contribution is 7.26. The van der Waals surface area contributed by atoms with Crippen LogP contribution >= 0.6 is 22.7 Å². The number of thiophene rings is 2. The van der Waals surface area contributed by atoms with Crippen molar-refractivity contribution in [3.05, 3.63) is 327 Å². The molecule has 0 amide bonds. The zero-order valence-electron chi connectivity index (χ0n) is 47.5. The zero-order valence-corrected chi connectivity index (χ0v) is 49.2. The van der Waals surface area contributed by atoms with Gasteiger partial charge in [-0.2, -0.15) is 0 Å². The zero-order chi connectivity index (χ0) is 57.4. The SMILES string of the molecule is c1ccc(-c2ccc(-c3ccc4sc5c(-c6ccc7c(c6)-c6cc(-c8cc(-c9ccc(-c%10ccccc%10)cc9)cc9c8sc8ccc(-c%10ccc(-c%11ccccc%11)cc%10)cc89)ccc6C7)cc(-c6ccc(-c7ccccc7)cc6)cc5c4c3)cc2)cc1. The number of rotatable bonds is 10. The second-order valence-corrected chi connectivity index (χ2v) is 25.2. The molecule has 0 atom stereocenters. The average Bonchev–Trinajstić information content (AvgIpc) is 1.94. The van der Waals surface area contributed by atoms with Gasteiger partial charge in [0.15, 0.2) is 0 Å². The van der Waals surface area contributed by atoms with E-state index in [1.165, 1.54) is 174 Å². The van der Waals surface area contributed by atoms with Crippen molar-refractivity contribution in [1.82, 2.24) is 0 Å². The van der Waals surface area contributed by atoms with E-state index in [9.17, 15) is 0 Å². The van der Waals surface area contributed by atoms with Gasteiger partial charge in [0, 0.05) is 51.5 Å². The Morgan fingerprint density at radius 3 is 0.736 bits per heavy atom. The monoisotopic (exact) mass is 1140 g/mol. The summed E-state index contributed by atoms with van der Waals surface area (Å²) in [7, 11) is 0. The van der Waals surface area contributed by atoms with Crippen molar-refractivity contribution in [2.75, 3.05) is 0 Å². The van der Waals surface area contributed by atoms with Crippen molar-refractivity contribution >= 4 is 63.0 Å². The van der Waals surface area contributed by atoms with Gasteiger partial charge in [-0.1, -0.05) is 255 Å². The van der Waals surface area contributed by atoms with Crippen LogP contribution in [0, 0.1) is 0 Å². The smallest absolute Gasteiger partial charge is 0.0434 e. The first-order valence-electron chi connectivity index (χ1n) is 30.0. The summed E-state index contributed by atoms with van der Waals surface area (Å²) in [4.78, 5) is 0. The summed E-state index contributed by atoms with van der Waals surface area (Å²) >= 11 is 3.82. The van der Waals surface area contributed by atoms with E-state index in [4.69, 9.17) is 0 Å². The summed E-state index contributed by atoms with van der Waals surface area (Å²) < 4.78 is 5.20. The first-order valence-corrected chi connectivity index (χ1v) is 31.6. The van der Waals surface area contributed by atoms with Crippen LogP contribution in [0.15, 0.2) is 315 Å². The van der Waals surface area contributed by atoms with Crippen LogP contribution in [0.2, 0.25) is 0 Å². The van der Waals surface area contributed by atoms with Crippen molar-refractivity contribution in [2.45, 2.75) is 6.42 Å². The van der Waals surface area contributed by atoms with Crippen LogP contribution in [0.5, 0.6) is 0 Å². The number of fused-ring (bicyclic) bond motifs is 9. The highest BCUT2D eigenvalue weighted by Crippen LogP contribution is 2.49. The van der Waals surface area contributed by atoms with E-state index in [0.29, 0.717) is 0 Å². The summed E-state index contributed by atoms with van der Waals surface area (Å²) in [6, 6.07) is 118. The van der Waals surface area contributed by atoms with Crippen molar-refractivity contribution in [1.29, 1.82) is 0 Å². The number of hydrogen-bond donors (Lipinski definition) is 0. The quantitative estimate of drug-likeness (QED) is 0.128. The number of benzene rings is 14. The summed E-state index contributed by atoms with van der Waals surface area (Å²) in [5.41, 5.74) is 29.9. The molecule has 14 aromatic carbocycles. The molecule has 2 aromatic heterocycles. The lowest BCUT2D eigenvalue weighted by Gasteiger charge is -2.13. The molecule has 2 heterocycles. The Labute approximate surface area is 514 Å². The largest absolute Gasteiger partial charge is 0.135 e. The van der Waals surface area contributed by atoms with Crippen molar-refractivity contribution < 1.29 is 0 Å². The molecule has 0 fully saturated rings. The molecule has 0 nitrogen and oxygen atoms in total. The molecule has 2 heteroatoms. The molecule has 17 rings (SSSR count). The molecule has 0 spiro atoms. The Hall–Kier alpha value is -10.5. The minimum absolute atomic E-state index is 0.910. The van der Waals surface area contributed by atoms with Gasteiger partial charge in [-0.25, -0.2) is 0 Å². The molecule has 0 aliphatic heterocycles. The Morgan fingerprint density at radius 2 is 0.414 bits per heavy atom. The van der Waals surface area contributed by atoms with E-state index in [-0.39, 0.29) is 0 Å². The van der Waals surface area contributed by atoms with E-state index in [1.807, 2.05) is 22.7 Å². The first-order chi connectivity index (χ1) is 43.0.